The number of rotatable bonds is 6. The lowest BCUT2D eigenvalue weighted by Gasteiger charge is -2.11. The molecule has 0 aliphatic heterocycles. The van der Waals surface area contributed by atoms with Gasteiger partial charge in [-0.15, -0.1) is 18.3 Å². The summed E-state index contributed by atoms with van der Waals surface area (Å²) in [6, 6.07) is 14.4. The van der Waals surface area contributed by atoms with Gasteiger partial charge in [-0.3, -0.25) is 4.79 Å². The number of hydrogen-bond acceptors (Lipinski definition) is 2. The Morgan fingerprint density at radius 2 is 2.04 bits per heavy atom. The second-order valence-corrected chi connectivity index (χ2v) is 7.87. The number of anilines is 1. The molecule has 0 spiro atoms. The molecule has 0 unspecified atom stereocenters. The zero-order valence-electron chi connectivity index (χ0n) is 16.4. The van der Waals surface area contributed by atoms with Crippen LogP contribution in [0.3, 0.4) is 0 Å². The molecular formula is C23H26N2OS. The molecule has 0 fully saturated rings. The van der Waals surface area contributed by atoms with Crippen molar-refractivity contribution in [2.75, 3.05) is 11.6 Å². The van der Waals surface area contributed by atoms with Gasteiger partial charge in [0.05, 0.1) is 0 Å². The monoisotopic (exact) mass is 378 g/mol. The van der Waals surface area contributed by atoms with Gasteiger partial charge in [0.1, 0.15) is 5.69 Å². The summed E-state index contributed by atoms with van der Waals surface area (Å²) in [5.74, 6) is 0.359. The Balaban J connectivity index is 2.08. The smallest absolute Gasteiger partial charge is 0.272 e. The lowest BCUT2D eigenvalue weighted by molar-refractivity contribution is 0.101. The molecule has 4 heteroatoms. The normalized spacial score (nSPS) is 11.1. The molecule has 1 amide bonds. The average Bonchev–Trinajstić information content (AvgIpc) is 2.93. The molecule has 0 aliphatic rings. The number of fused-ring (bicyclic) bond motifs is 1. The van der Waals surface area contributed by atoms with E-state index in [-0.39, 0.29) is 5.91 Å². The van der Waals surface area contributed by atoms with Crippen molar-refractivity contribution in [1.29, 1.82) is 0 Å². The van der Waals surface area contributed by atoms with Crippen molar-refractivity contribution in [2.24, 2.45) is 0 Å². The van der Waals surface area contributed by atoms with Gasteiger partial charge in [0.15, 0.2) is 0 Å². The fourth-order valence-corrected chi connectivity index (χ4v) is 3.86. The van der Waals surface area contributed by atoms with Crippen LogP contribution in [0.1, 0.15) is 41.4 Å². The Bertz CT molecular complexity index is 1000. The third-order valence-electron chi connectivity index (χ3n) is 4.86. The van der Waals surface area contributed by atoms with Gasteiger partial charge in [0, 0.05) is 28.0 Å². The summed E-state index contributed by atoms with van der Waals surface area (Å²) < 4.78 is 2.05. The van der Waals surface area contributed by atoms with E-state index in [4.69, 9.17) is 0 Å². The summed E-state index contributed by atoms with van der Waals surface area (Å²) in [7, 11) is 0. The predicted octanol–water partition coefficient (Wildman–Crippen LogP) is 6.23. The zero-order valence-corrected chi connectivity index (χ0v) is 17.2. The Morgan fingerprint density at radius 3 is 2.70 bits per heavy atom. The molecule has 0 saturated carbocycles. The number of hydrogen-bond donors (Lipinski definition) is 1. The maximum Gasteiger partial charge on any atom is 0.272 e. The summed E-state index contributed by atoms with van der Waals surface area (Å²) >= 11 is 1.66. The quantitative estimate of drug-likeness (QED) is 0.407. The van der Waals surface area contributed by atoms with Crippen LogP contribution in [0.15, 0.2) is 60.0 Å². The van der Waals surface area contributed by atoms with E-state index in [1.54, 1.807) is 11.8 Å². The number of aryl methyl sites for hydroxylation is 1. The van der Waals surface area contributed by atoms with E-state index in [2.05, 4.69) is 48.5 Å². The summed E-state index contributed by atoms with van der Waals surface area (Å²) in [6.45, 7) is 10.9. The van der Waals surface area contributed by atoms with Gasteiger partial charge >= 0.3 is 0 Å². The maximum absolute atomic E-state index is 13.1. The average molecular weight is 379 g/mol. The van der Waals surface area contributed by atoms with Crippen LogP contribution in [0.25, 0.3) is 10.9 Å². The van der Waals surface area contributed by atoms with Gasteiger partial charge in [0.2, 0.25) is 0 Å². The minimum absolute atomic E-state index is 0.0881. The molecule has 27 heavy (non-hydrogen) atoms. The highest BCUT2D eigenvalue weighted by atomic mass is 32.2. The highest BCUT2D eigenvalue weighted by Crippen LogP contribution is 2.30. The van der Waals surface area contributed by atoms with E-state index < -0.39 is 0 Å². The second kappa shape index (κ2) is 8.05. The van der Waals surface area contributed by atoms with Crippen LogP contribution < -0.4 is 5.32 Å². The van der Waals surface area contributed by atoms with Crippen LogP contribution in [-0.2, 0) is 6.54 Å². The number of aromatic nitrogens is 1. The van der Waals surface area contributed by atoms with Gasteiger partial charge in [0.25, 0.3) is 5.91 Å². The van der Waals surface area contributed by atoms with Gasteiger partial charge in [-0.2, -0.15) is 0 Å². The number of allylic oxidation sites excluding steroid dienone is 1. The lowest BCUT2D eigenvalue weighted by atomic mass is 10.0. The zero-order chi connectivity index (χ0) is 19.6. The van der Waals surface area contributed by atoms with E-state index >= 15 is 0 Å². The van der Waals surface area contributed by atoms with E-state index in [9.17, 15) is 4.79 Å². The highest BCUT2D eigenvalue weighted by molar-refractivity contribution is 7.98. The third-order valence-corrected chi connectivity index (χ3v) is 5.59. The molecule has 0 bridgehead atoms. The molecule has 140 valence electrons. The van der Waals surface area contributed by atoms with Gasteiger partial charge in [-0.05, 0) is 60.6 Å². The molecule has 2 aromatic carbocycles. The van der Waals surface area contributed by atoms with Crippen LogP contribution in [0, 0.1) is 6.92 Å². The molecule has 1 heterocycles. The first-order valence-electron chi connectivity index (χ1n) is 9.15. The van der Waals surface area contributed by atoms with Crippen LogP contribution >= 0.6 is 11.8 Å². The van der Waals surface area contributed by atoms with E-state index in [1.807, 2.05) is 43.5 Å². The summed E-state index contributed by atoms with van der Waals surface area (Å²) in [6.07, 6.45) is 3.86. The first-order valence-corrected chi connectivity index (χ1v) is 10.4. The minimum atomic E-state index is -0.0881. The molecule has 0 aliphatic carbocycles. The fourth-order valence-electron chi connectivity index (χ4n) is 3.40. The highest BCUT2D eigenvalue weighted by Gasteiger charge is 2.20. The molecule has 3 rings (SSSR count). The molecule has 0 atom stereocenters. The topological polar surface area (TPSA) is 34.0 Å². The van der Waals surface area contributed by atoms with Crippen molar-refractivity contribution < 1.29 is 4.79 Å². The Labute approximate surface area is 165 Å². The Kier molecular flexibility index (Phi) is 5.76. The molecule has 3 nitrogen and oxygen atoms in total. The van der Waals surface area contributed by atoms with Crippen molar-refractivity contribution in [3.63, 3.8) is 0 Å². The van der Waals surface area contributed by atoms with E-state index in [0.29, 0.717) is 18.2 Å². The molecular weight excluding hydrogens is 352 g/mol. The number of thioether (sulfide) groups is 1. The van der Waals surface area contributed by atoms with Gasteiger partial charge < -0.3 is 9.88 Å². The number of nitrogens with one attached hydrogen (secondary N) is 1. The van der Waals surface area contributed by atoms with Crippen LogP contribution in [0.4, 0.5) is 5.69 Å². The SMILES string of the molecule is C=CCn1c(C(=O)Nc2cccc(SC)c2)c(C)c2cc(C(C)C)ccc21. The fraction of sp³-hybridized carbons (Fsp3) is 0.261. The first-order chi connectivity index (χ1) is 13.0. The lowest BCUT2D eigenvalue weighted by Crippen LogP contribution is -2.18. The van der Waals surface area contributed by atoms with Crippen molar-refractivity contribution in [3.8, 4) is 0 Å². The van der Waals surface area contributed by atoms with E-state index in [1.165, 1.54) is 5.56 Å². The minimum Gasteiger partial charge on any atom is -0.332 e. The number of carbonyl (C=O) groups excluding carboxylic acids is 1. The third kappa shape index (κ3) is 3.81. The number of carbonyl (C=O) groups is 1. The molecule has 0 radical (unpaired) electrons. The molecule has 1 N–H and O–H groups in total. The van der Waals surface area contributed by atoms with Crippen molar-refractivity contribution >= 4 is 34.3 Å². The number of amides is 1. The Hall–Kier alpha value is -2.46. The van der Waals surface area contributed by atoms with Crippen molar-refractivity contribution in [1.82, 2.24) is 4.57 Å². The summed E-state index contributed by atoms with van der Waals surface area (Å²) in [5, 5.41) is 4.19. The molecule has 0 saturated heterocycles. The van der Waals surface area contributed by atoms with Gasteiger partial charge in [-0.1, -0.05) is 32.1 Å². The van der Waals surface area contributed by atoms with Crippen molar-refractivity contribution in [3.05, 3.63) is 71.9 Å². The Morgan fingerprint density at radius 1 is 1.26 bits per heavy atom. The van der Waals surface area contributed by atoms with Crippen LogP contribution in [0.5, 0.6) is 0 Å². The van der Waals surface area contributed by atoms with Crippen LogP contribution in [-0.4, -0.2) is 16.7 Å². The summed E-state index contributed by atoms with van der Waals surface area (Å²) in [5.41, 5.74) is 4.86. The molecule has 1 aromatic heterocycles. The van der Waals surface area contributed by atoms with E-state index in [0.717, 1.165) is 27.0 Å². The van der Waals surface area contributed by atoms with Crippen molar-refractivity contribution in [2.45, 2.75) is 38.1 Å². The summed E-state index contributed by atoms with van der Waals surface area (Å²) in [4.78, 5) is 14.3. The second-order valence-electron chi connectivity index (χ2n) is 6.99. The first kappa shape index (κ1) is 19.3. The molecule has 3 aromatic rings. The predicted molar refractivity (Wildman–Crippen MR) is 117 cm³/mol. The maximum atomic E-state index is 13.1. The van der Waals surface area contributed by atoms with Crippen LogP contribution in [0.2, 0.25) is 0 Å². The number of benzene rings is 2. The standard InChI is InChI=1S/C23H26N2OS/c1-6-12-25-21-11-10-17(15(2)3)13-20(21)16(4)22(25)23(26)24-18-8-7-9-19(14-18)27-5/h6-11,13-15H,1,12H2,2-5H3,(H,24,26). The largest absolute Gasteiger partial charge is 0.332 e. The number of nitrogens with zero attached hydrogens (tertiary/aromatic N) is 1. The van der Waals surface area contributed by atoms with Gasteiger partial charge in [-0.25, -0.2) is 0 Å².